The van der Waals surface area contributed by atoms with Crippen molar-refractivity contribution in [3.05, 3.63) is 10.8 Å². The second-order valence-electron chi connectivity index (χ2n) is 4.11. The first kappa shape index (κ1) is 11.6. The van der Waals surface area contributed by atoms with Crippen LogP contribution in [0.5, 0.6) is 5.88 Å². The number of hydrogen-bond acceptors (Lipinski definition) is 4. The Labute approximate surface area is 104 Å². The number of hydrogen-bond donors (Lipinski definition) is 1. The Morgan fingerprint density at radius 1 is 1.19 bits per heavy atom. The van der Waals surface area contributed by atoms with Gasteiger partial charge in [0.1, 0.15) is 22.7 Å². The number of anilines is 1. The molecule has 0 aliphatic heterocycles. The molecule has 0 aromatic carbocycles. The van der Waals surface area contributed by atoms with E-state index < -0.39 is 0 Å². The zero-order valence-corrected chi connectivity index (χ0v) is 10.7. The van der Waals surface area contributed by atoms with E-state index in [9.17, 15) is 0 Å². The Hall–Kier alpha value is -0.840. The molecule has 1 aliphatic rings. The van der Waals surface area contributed by atoms with Gasteiger partial charge in [-0.2, -0.15) is 0 Å². The third-order valence-corrected chi connectivity index (χ3v) is 3.61. The van der Waals surface area contributed by atoms with Gasteiger partial charge in [-0.05, 0) is 41.6 Å². The van der Waals surface area contributed by atoms with Crippen LogP contribution >= 0.6 is 15.9 Å². The van der Waals surface area contributed by atoms with E-state index in [1.807, 2.05) is 0 Å². The molecule has 0 amide bonds. The Morgan fingerprint density at radius 3 is 2.56 bits per heavy atom. The lowest BCUT2D eigenvalue weighted by atomic mass is 10.1. The summed E-state index contributed by atoms with van der Waals surface area (Å²) < 4.78 is 6.53. The van der Waals surface area contributed by atoms with Crippen molar-refractivity contribution in [3.63, 3.8) is 0 Å². The van der Waals surface area contributed by atoms with Gasteiger partial charge in [0, 0.05) is 0 Å². The maximum Gasteiger partial charge on any atom is 0.233 e. The summed E-state index contributed by atoms with van der Waals surface area (Å²) >= 11 is 3.35. The molecule has 0 bridgehead atoms. The molecule has 1 aromatic rings. The van der Waals surface area contributed by atoms with Gasteiger partial charge in [-0.15, -0.1) is 0 Å². The molecule has 0 radical (unpaired) electrons. The van der Waals surface area contributed by atoms with Gasteiger partial charge in [-0.1, -0.05) is 12.8 Å². The predicted molar refractivity (Wildman–Crippen MR) is 66.3 cm³/mol. The van der Waals surface area contributed by atoms with Crippen LogP contribution in [-0.4, -0.2) is 16.1 Å². The molecule has 1 aromatic heterocycles. The lowest BCUT2D eigenvalue weighted by molar-refractivity contribution is 0.174. The summed E-state index contributed by atoms with van der Waals surface area (Å²) in [6.07, 6.45) is 9.03. The van der Waals surface area contributed by atoms with Crippen molar-refractivity contribution in [1.29, 1.82) is 0 Å². The molecule has 0 spiro atoms. The molecule has 2 rings (SSSR count). The molecule has 4 nitrogen and oxygen atoms in total. The minimum Gasteiger partial charge on any atom is -0.473 e. The van der Waals surface area contributed by atoms with Crippen molar-refractivity contribution < 1.29 is 4.74 Å². The molecule has 88 valence electrons. The first-order valence-electron chi connectivity index (χ1n) is 5.70. The average Bonchev–Trinajstić information content (AvgIpc) is 2.53. The topological polar surface area (TPSA) is 61.0 Å². The SMILES string of the molecule is Nc1ncnc(OC2CCCCCC2)c1Br. The number of aromatic nitrogens is 2. The van der Waals surface area contributed by atoms with Crippen LogP contribution in [0, 0.1) is 0 Å². The predicted octanol–water partition coefficient (Wildman–Crippen LogP) is 2.92. The quantitative estimate of drug-likeness (QED) is 0.849. The van der Waals surface area contributed by atoms with Crippen LogP contribution in [0.1, 0.15) is 38.5 Å². The fourth-order valence-corrected chi connectivity index (χ4v) is 2.26. The van der Waals surface area contributed by atoms with Crippen LogP contribution < -0.4 is 10.5 Å². The third kappa shape index (κ3) is 2.84. The van der Waals surface area contributed by atoms with Crippen molar-refractivity contribution in [2.75, 3.05) is 5.73 Å². The standard InChI is InChI=1S/C11H16BrN3O/c12-9-10(13)14-7-15-11(9)16-8-5-3-1-2-4-6-8/h7-8H,1-6H2,(H2,13,14,15). The Balaban J connectivity index is 2.04. The van der Waals surface area contributed by atoms with Gasteiger partial charge in [0.2, 0.25) is 5.88 Å². The van der Waals surface area contributed by atoms with E-state index in [1.54, 1.807) is 0 Å². The van der Waals surface area contributed by atoms with Crippen LogP contribution in [0.15, 0.2) is 10.8 Å². The Morgan fingerprint density at radius 2 is 1.88 bits per heavy atom. The molecule has 1 heterocycles. The van der Waals surface area contributed by atoms with Crippen molar-refractivity contribution in [2.45, 2.75) is 44.6 Å². The summed E-state index contributed by atoms with van der Waals surface area (Å²) in [5.41, 5.74) is 5.68. The molecule has 0 saturated heterocycles. The molecule has 16 heavy (non-hydrogen) atoms. The van der Waals surface area contributed by atoms with E-state index in [0.717, 1.165) is 12.8 Å². The summed E-state index contributed by atoms with van der Waals surface area (Å²) in [4.78, 5) is 7.99. The number of ether oxygens (including phenoxy) is 1. The number of rotatable bonds is 2. The molecule has 1 saturated carbocycles. The molecule has 5 heteroatoms. The zero-order valence-electron chi connectivity index (χ0n) is 9.16. The number of nitrogens with two attached hydrogens (primary N) is 1. The second-order valence-corrected chi connectivity index (χ2v) is 4.90. The maximum atomic E-state index is 5.87. The van der Waals surface area contributed by atoms with Crippen molar-refractivity contribution >= 4 is 21.7 Å². The zero-order chi connectivity index (χ0) is 11.4. The first-order valence-corrected chi connectivity index (χ1v) is 6.49. The van der Waals surface area contributed by atoms with Gasteiger partial charge in [0.05, 0.1) is 0 Å². The van der Waals surface area contributed by atoms with Gasteiger partial charge in [-0.25, -0.2) is 9.97 Å². The fourth-order valence-electron chi connectivity index (χ4n) is 1.97. The smallest absolute Gasteiger partial charge is 0.233 e. The van der Waals surface area contributed by atoms with Gasteiger partial charge in [-0.3, -0.25) is 0 Å². The highest BCUT2D eigenvalue weighted by Crippen LogP contribution is 2.29. The van der Waals surface area contributed by atoms with Gasteiger partial charge in [0.15, 0.2) is 0 Å². The second kappa shape index (κ2) is 5.48. The summed E-state index contributed by atoms with van der Waals surface area (Å²) in [5.74, 6) is 0.998. The molecule has 2 N–H and O–H groups in total. The van der Waals surface area contributed by atoms with E-state index in [4.69, 9.17) is 10.5 Å². The minimum atomic E-state index is 0.271. The lowest BCUT2D eigenvalue weighted by Crippen LogP contribution is -2.16. The van der Waals surface area contributed by atoms with Gasteiger partial charge < -0.3 is 10.5 Å². The van der Waals surface area contributed by atoms with E-state index in [0.29, 0.717) is 16.2 Å². The molecular weight excluding hydrogens is 270 g/mol. The highest BCUT2D eigenvalue weighted by molar-refractivity contribution is 9.10. The summed E-state index contributed by atoms with van der Waals surface area (Å²) in [7, 11) is 0. The van der Waals surface area contributed by atoms with Crippen LogP contribution in [-0.2, 0) is 0 Å². The van der Waals surface area contributed by atoms with Crippen molar-refractivity contribution in [2.24, 2.45) is 0 Å². The van der Waals surface area contributed by atoms with E-state index >= 15 is 0 Å². The average molecular weight is 286 g/mol. The maximum absolute atomic E-state index is 5.87. The van der Waals surface area contributed by atoms with E-state index in [-0.39, 0.29) is 6.10 Å². The molecule has 1 aliphatic carbocycles. The monoisotopic (exact) mass is 285 g/mol. The van der Waals surface area contributed by atoms with E-state index in [2.05, 4.69) is 25.9 Å². The van der Waals surface area contributed by atoms with Crippen LogP contribution in [0.4, 0.5) is 5.82 Å². The Bertz CT molecular complexity index is 351. The number of nitrogen functional groups attached to an aromatic ring is 1. The van der Waals surface area contributed by atoms with Gasteiger partial charge >= 0.3 is 0 Å². The largest absolute Gasteiger partial charge is 0.473 e. The summed E-state index contributed by atoms with van der Waals surface area (Å²) in [6, 6.07) is 0. The number of halogens is 1. The lowest BCUT2D eigenvalue weighted by Gasteiger charge is -2.16. The van der Waals surface area contributed by atoms with Crippen molar-refractivity contribution in [3.8, 4) is 5.88 Å². The van der Waals surface area contributed by atoms with Crippen molar-refractivity contribution in [1.82, 2.24) is 9.97 Å². The molecular formula is C11H16BrN3O. The highest BCUT2D eigenvalue weighted by Gasteiger charge is 2.16. The van der Waals surface area contributed by atoms with E-state index in [1.165, 1.54) is 32.0 Å². The third-order valence-electron chi connectivity index (χ3n) is 2.86. The fraction of sp³-hybridized carbons (Fsp3) is 0.636. The molecule has 0 unspecified atom stereocenters. The van der Waals surface area contributed by atoms with Crippen LogP contribution in [0.25, 0.3) is 0 Å². The number of nitrogens with zero attached hydrogens (tertiary/aromatic N) is 2. The van der Waals surface area contributed by atoms with Crippen LogP contribution in [0.3, 0.4) is 0 Å². The van der Waals surface area contributed by atoms with Gasteiger partial charge in [0.25, 0.3) is 0 Å². The highest BCUT2D eigenvalue weighted by atomic mass is 79.9. The summed E-state index contributed by atoms with van der Waals surface area (Å²) in [6.45, 7) is 0. The first-order chi connectivity index (χ1) is 7.77. The van der Waals surface area contributed by atoms with Crippen LogP contribution in [0.2, 0.25) is 0 Å². The molecule has 1 fully saturated rings. The minimum absolute atomic E-state index is 0.271. The normalized spacial score (nSPS) is 18.1. The molecule has 0 atom stereocenters. The summed E-state index contributed by atoms with van der Waals surface area (Å²) in [5, 5.41) is 0. The Kier molecular flexibility index (Phi) is 3.98.